The van der Waals surface area contributed by atoms with Gasteiger partial charge in [0.25, 0.3) is 0 Å². The number of hydrazine groups is 1. The van der Waals surface area contributed by atoms with Crippen molar-refractivity contribution in [2.75, 3.05) is 0 Å². The molecule has 0 aliphatic heterocycles. The zero-order valence-corrected chi connectivity index (χ0v) is 8.79. The van der Waals surface area contributed by atoms with Crippen molar-refractivity contribution in [3.63, 3.8) is 0 Å². The van der Waals surface area contributed by atoms with E-state index < -0.39 is 0 Å². The van der Waals surface area contributed by atoms with Crippen molar-refractivity contribution in [2.24, 2.45) is 5.84 Å². The molecule has 5 heteroatoms. The Bertz CT molecular complexity index is 228. The summed E-state index contributed by atoms with van der Waals surface area (Å²) in [6.07, 6.45) is 0. The maximum Gasteiger partial charge on any atom is 0.123 e. The van der Waals surface area contributed by atoms with Gasteiger partial charge in [0.2, 0.25) is 0 Å². The summed E-state index contributed by atoms with van der Waals surface area (Å²) in [7, 11) is 0. The van der Waals surface area contributed by atoms with E-state index in [4.69, 9.17) is 5.84 Å². The molecule has 3 N–H and O–H groups in total. The summed E-state index contributed by atoms with van der Waals surface area (Å²) in [6, 6.07) is 6.32. The van der Waals surface area contributed by atoms with Crippen LogP contribution in [0.25, 0.3) is 0 Å². The van der Waals surface area contributed by atoms with Gasteiger partial charge in [-0.3, -0.25) is 11.3 Å². The third-order valence-electron chi connectivity index (χ3n) is 1.62. The standard InChI is InChI=1S/C8H11FN2.2ClH/c1-6(11-10)7-2-4-8(9)5-3-7;;/h2-6,11H,10H2,1H3;2*1H. The number of nitrogens with one attached hydrogen (secondary N) is 1. The molecule has 0 radical (unpaired) electrons. The van der Waals surface area contributed by atoms with Crippen LogP contribution in [0.3, 0.4) is 0 Å². The zero-order chi connectivity index (χ0) is 8.27. The smallest absolute Gasteiger partial charge is 0.123 e. The van der Waals surface area contributed by atoms with Gasteiger partial charge in [0.05, 0.1) is 0 Å². The van der Waals surface area contributed by atoms with E-state index in [1.807, 2.05) is 6.92 Å². The van der Waals surface area contributed by atoms with Gasteiger partial charge in [-0.15, -0.1) is 24.8 Å². The molecular weight excluding hydrogens is 214 g/mol. The quantitative estimate of drug-likeness (QED) is 0.600. The summed E-state index contributed by atoms with van der Waals surface area (Å²) in [5, 5.41) is 0. The second-order valence-electron chi connectivity index (χ2n) is 2.44. The summed E-state index contributed by atoms with van der Waals surface area (Å²) in [5.41, 5.74) is 3.56. The highest BCUT2D eigenvalue weighted by Crippen LogP contribution is 2.10. The molecule has 0 aromatic heterocycles. The van der Waals surface area contributed by atoms with Crippen molar-refractivity contribution in [2.45, 2.75) is 13.0 Å². The molecule has 1 aromatic carbocycles. The fraction of sp³-hybridized carbons (Fsp3) is 0.250. The molecule has 0 heterocycles. The number of nitrogens with two attached hydrogens (primary N) is 1. The summed E-state index contributed by atoms with van der Waals surface area (Å²) in [4.78, 5) is 0. The van der Waals surface area contributed by atoms with Crippen LogP contribution >= 0.6 is 24.8 Å². The maximum absolute atomic E-state index is 12.4. The van der Waals surface area contributed by atoms with Gasteiger partial charge in [0.15, 0.2) is 0 Å². The van der Waals surface area contributed by atoms with E-state index in [1.54, 1.807) is 12.1 Å². The van der Waals surface area contributed by atoms with Gasteiger partial charge in [-0.05, 0) is 24.6 Å². The van der Waals surface area contributed by atoms with E-state index >= 15 is 0 Å². The van der Waals surface area contributed by atoms with Gasteiger partial charge < -0.3 is 0 Å². The second-order valence-corrected chi connectivity index (χ2v) is 2.44. The van der Waals surface area contributed by atoms with Crippen molar-refractivity contribution in [1.82, 2.24) is 5.43 Å². The van der Waals surface area contributed by atoms with Crippen LogP contribution in [0.1, 0.15) is 18.5 Å². The van der Waals surface area contributed by atoms with Crippen LogP contribution in [0.4, 0.5) is 4.39 Å². The number of benzene rings is 1. The summed E-state index contributed by atoms with van der Waals surface area (Å²) < 4.78 is 12.4. The van der Waals surface area contributed by atoms with Crippen molar-refractivity contribution in [3.05, 3.63) is 35.6 Å². The Labute approximate surface area is 89.5 Å². The predicted octanol–water partition coefficient (Wildman–Crippen LogP) is 2.19. The summed E-state index contributed by atoms with van der Waals surface area (Å²) in [5.74, 6) is 4.97. The summed E-state index contributed by atoms with van der Waals surface area (Å²) >= 11 is 0. The van der Waals surface area contributed by atoms with Crippen LogP contribution in [-0.2, 0) is 0 Å². The Balaban J connectivity index is 0. The molecule has 1 aromatic rings. The molecule has 13 heavy (non-hydrogen) atoms. The van der Waals surface area contributed by atoms with E-state index in [0.717, 1.165) is 5.56 Å². The van der Waals surface area contributed by atoms with E-state index in [2.05, 4.69) is 5.43 Å². The molecule has 0 fully saturated rings. The first-order valence-electron chi connectivity index (χ1n) is 3.45. The summed E-state index contributed by atoms with van der Waals surface area (Å²) in [6.45, 7) is 1.91. The molecule has 0 spiro atoms. The van der Waals surface area contributed by atoms with Gasteiger partial charge in [0, 0.05) is 6.04 Å². The number of rotatable bonds is 2. The first kappa shape index (κ1) is 15.1. The number of hydrogen-bond donors (Lipinski definition) is 2. The van der Waals surface area contributed by atoms with Crippen LogP contribution in [0.15, 0.2) is 24.3 Å². The number of hydrogen-bond acceptors (Lipinski definition) is 2. The van der Waals surface area contributed by atoms with Gasteiger partial charge in [-0.25, -0.2) is 4.39 Å². The van der Waals surface area contributed by atoms with Gasteiger partial charge in [0.1, 0.15) is 5.82 Å². The third kappa shape index (κ3) is 4.43. The van der Waals surface area contributed by atoms with Crippen LogP contribution in [0.5, 0.6) is 0 Å². The lowest BCUT2D eigenvalue weighted by Gasteiger charge is -2.08. The van der Waals surface area contributed by atoms with E-state index in [1.165, 1.54) is 12.1 Å². The fourth-order valence-corrected chi connectivity index (χ4v) is 0.848. The van der Waals surface area contributed by atoms with Crippen molar-refractivity contribution < 1.29 is 4.39 Å². The average Bonchev–Trinajstić information content (AvgIpc) is 2.05. The molecule has 1 unspecified atom stereocenters. The van der Waals surface area contributed by atoms with Gasteiger partial charge in [-0.2, -0.15) is 0 Å². The average molecular weight is 227 g/mol. The lowest BCUT2D eigenvalue weighted by molar-refractivity contribution is 0.595. The minimum Gasteiger partial charge on any atom is -0.271 e. The van der Waals surface area contributed by atoms with E-state index in [-0.39, 0.29) is 36.7 Å². The van der Waals surface area contributed by atoms with Crippen LogP contribution in [0.2, 0.25) is 0 Å². The molecular formula is C8H13Cl2FN2. The van der Waals surface area contributed by atoms with Gasteiger partial charge in [-0.1, -0.05) is 12.1 Å². The Morgan fingerprint density at radius 3 is 2.08 bits per heavy atom. The number of halogens is 3. The minimum atomic E-state index is -0.224. The minimum absolute atomic E-state index is 0. The Hall–Kier alpha value is -0.350. The SMILES string of the molecule is CC(NN)c1ccc(F)cc1.Cl.Cl. The fourth-order valence-electron chi connectivity index (χ4n) is 0.848. The largest absolute Gasteiger partial charge is 0.271 e. The first-order valence-corrected chi connectivity index (χ1v) is 3.45. The molecule has 0 aliphatic rings. The van der Waals surface area contributed by atoms with E-state index in [9.17, 15) is 4.39 Å². The topological polar surface area (TPSA) is 38.0 Å². The first-order chi connectivity index (χ1) is 5.24. The molecule has 1 rings (SSSR count). The van der Waals surface area contributed by atoms with Crippen molar-refractivity contribution in [3.8, 4) is 0 Å². The molecule has 0 aliphatic carbocycles. The monoisotopic (exact) mass is 226 g/mol. The van der Waals surface area contributed by atoms with E-state index in [0.29, 0.717) is 0 Å². The second kappa shape index (κ2) is 7.09. The Kier molecular flexibility index (Phi) is 8.26. The maximum atomic E-state index is 12.4. The van der Waals surface area contributed by atoms with Crippen LogP contribution in [-0.4, -0.2) is 0 Å². The Morgan fingerprint density at radius 1 is 1.23 bits per heavy atom. The van der Waals surface area contributed by atoms with Crippen LogP contribution in [0, 0.1) is 5.82 Å². The lowest BCUT2D eigenvalue weighted by atomic mass is 10.1. The van der Waals surface area contributed by atoms with Crippen molar-refractivity contribution in [1.29, 1.82) is 0 Å². The molecule has 76 valence electrons. The molecule has 0 saturated heterocycles. The molecule has 0 bridgehead atoms. The highest BCUT2D eigenvalue weighted by atomic mass is 35.5. The molecule has 0 amide bonds. The van der Waals surface area contributed by atoms with Crippen LogP contribution < -0.4 is 11.3 Å². The lowest BCUT2D eigenvalue weighted by Crippen LogP contribution is -2.25. The molecule has 0 saturated carbocycles. The highest BCUT2D eigenvalue weighted by Gasteiger charge is 2.00. The highest BCUT2D eigenvalue weighted by molar-refractivity contribution is 5.85. The third-order valence-corrected chi connectivity index (χ3v) is 1.62. The molecule has 1 atom stereocenters. The Morgan fingerprint density at radius 2 is 1.69 bits per heavy atom. The normalized spacial score (nSPS) is 11.0. The molecule has 2 nitrogen and oxygen atoms in total. The zero-order valence-electron chi connectivity index (χ0n) is 7.16. The van der Waals surface area contributed by atoms with Crippen molar-refractivity contribution >= 4 is 24.8 Å². The predicted molar refractivity (Wildman–Crippen MR) is 56.6 cm³/mol. The van der Waals surface area contributed by atoms with Gasteiger partial charge >= 0.3 is 0 Å².